The predicted molar refractivity (Wildman–Crippen MR) is 40.7 cm³/mol. The van der Waals surface area contributed by atoms with Crippen LogP contribution in [0.2, 0.25) is 5.02 Å². The van der Waals surface area contributed by atoms with Crippen molar-refractivity contribution in [2.75, 3.05) is 0 Å². The highest BCUT2D eigenvalue weighted by Crippen LogP contribution is 2.18. The van der Waals surface area contributed by atoms with E-state index in [-0.39, 0.29) is 5.02 Å². The van der Waals surface area contributed by atoms with Crippen molar-refractivity contribution >= 4 is 11.6 Å². The molecule has 0 fully saturated rings. The summed E-state index contributed by atoms with van der Waals surface area (Å²) >= 11 is 5.49. The van der Waals surface area contributed by atoms with Gasteiger partial charge in [-0.05, 0) is 24.1 Å². The summed E-state index contributed by atoms with van der Waals surface area (Å²) in [6.45, 7) is 1.74. The zero-order chi connectivity index (χ0) is 8.43. The van der Waals surface area contributed by atoms with Gasteiger partial charge in [0, 0.05) is 5.02 Å². The molecule has 0 aromatic heterocycles. The minimum atomic E-state index is -0.880. The van der Waals surface area contributed by atoms with Crippen molar-refractivity contribution in [1.29, 1.82) is 0 Å². The van der Waals surface area contributed by atoms with E-state index in [1.807, 2.05) is 0 Å². The molecule has 0 nitrogen and oxygen atoms in total. The van der Waals surface area contributed by atoms with Crippen LogP contribution in [0.5, 0.6) is 0 Å². The maximum Gasteiger partial charge on any atom is 0.162 e. The third kappa shape index (κ3) is 1.69. The van der Waals surface area contributed by atoms with Crippen molar-refractivity contribution in [1.82, 2.24) is 0 Å². The Morgan fingerprint density at radius 3 is 2.55 bits per heavy atom. The number of halogens is 3. The van der Waals surface area contributed by atoms with E-state index in [0.717, 1.165) is 6.07 Å². The van der Waals surface area contributed by atoms with E-state index in [0.29, 0.717) is 12.0 Å². The van der Waals surface area contributed by atoms with Gasteiger partial charge in [-0.2, -0.15) is 0 Å². The molecule has 0 heterocycles. The van der Waals surface area contributed by atoms with Crippen LogP contribution in [-0.2, 0) is 6.42 Å². The molecular weight excluding hydrogens is 170 g/mol. The number of aryl methyl sites for hydroxylation is 1. The van der Waals surface area contributed by atoms with Gasteiger partial charge in [-0.25, -0.2) is 8.78 Å². The van der Waals surface area contributed by atoms with Crippen LogP contribution in [0.1, 0.15) is 12.5 Å². The summed E-state index contributed by atoms with van der Waals surface area (Å²) in [4.78, 5) is 0. The van der Waals surface area contributed by atoms with Crippen molar-refractivity contribution < 1.29 is 8.78 Å². The van der Waals surface area contributed by atoms with Gasteiger partial charge in [0.25, 0.3) is 0 Å². The van der Waals surface area contributed by atoms with Gasteiger partial charge < -0.3 is 0 Å². The average molecular weight is 177 g/mol. The van der Waals surface area contributed by atoms with E-state index in [9.17, 15) is 8.78 Å². The lowest BCUT2D eigenvalue weighted by molar-refractivity contribution is 0.500. The van der Waals surface area contributed by atoms with Crippen molar-refractivity contribution in [3.05, 3.63) is 34.4 Å². The molecule has 11 heavy (non-hydrogen) atoms. The van der Waals surface area contributed by atoms with E-state index in [1.165, 1.54) is 6.07 Å². The summed E-state index contributed by atoms with van der Waals surface area (Å²) in [5.41, 5.74) is 0.315. The van der Waals surface area contributed by atoms with Gasteiger partial charge in [-0.15, -0.1) is 0 Å². The van der Waals surface area contributed by atoms with Gasteiger partial charge in [-0.1, -0.05) is 18.5 Å². The molecule has 60 valence electrons. The van der Waals surface area contributed by atoms with E-state index in [2.05, 4.69) is 0 Å². The summed E-state index contributed by atoms with van der Waals surface area (Å²) < 4.78 is 25.3. The summed E-state index contributed by atoms with van der Waals surface area (Å²) in [6, 6.07) is 2.40. The van der Waals surface area contributed by atoms with Gasteiger partial charge in [0.05, 0.1) is 0 Å². The Bertz CT molecular complexity index is 271. The van der Waals surface area contributed by atoms with E-state index in [1.54, 1.807) is 6.92 Å². The number of benzene rings is 1. The summed E-state index contributed by atoms with van der Waals surface area (Å²) in [5.74, 6) is -1.67. The maximum atomic E-state index is 12.7. The Morgan fingerprint density at radius 2 is 2.00 bits per heavy atom. The lowest BCUT2D eigenvalue weighted by Crippen LogP contribution is -1.91. The maximum absolute atomic E-state index is 12.7. The fourth-order valence-corrected chi connectivity index (χ4v) is 1.09. The lowest BCUT2D eigenvalue weighted by Gasteiger charge is -2.00. The fourth-order valence-electron chi connectivity index (χ4n) is 0.867. The molecule has 0 aliphatic carbocycles. The quantitative estimate of drug-likeness (QED) is 0.577. The predicted octanol–water partition coefficient (Wildman–Crippen LogP) is 3.18. The van der Waals surface area contributed by atoms with Crippen LogP contribution >= 0.6 is 11.6 Å². The van der Waals surface area contributed by atoms with Crippen molar-refractivity contribution in [3.8, 4) is 0 Å². The first-order valence-corrected chi connectivity index (χ1v) is 3.66. The Kier molecular flexibility index (Phi) is 2.45. The van der Waals surface area contributed by atoms with Crippen LogP contribution < -0.4 is 0 Å². The first-order valence-electron chi connectivity index (χ1n) is 3.28. The third-order valence-electron chi connectivity index (χ3n) is 1.45. The second-order valence-electron chi connectivity index (χ2n) is 2.21. The minimum absolute atomic E-state index is 0.237. The summed E-state index contributed by atoms with van der Waals surface area (Å²) in [5, 5.41) is 0.237. The molecule has 0 atom stereocenters. The third-order valence-corrected chi connectivity index (χ3v) is 1.67. The Labute approximate surface area is 68.8 Å². The molecule has 0 saturated carbocycles. The molecule has 0 unspecified atom stereocenters. The van der Waals surface area contributed by atoms with Gasteiger partial charge in [-0.3, -0.25) is 0 Å². The zero-order valence-corrected chi connectivity index (χ0v) is 6.75. The highest BCUT2D eigenvalue weighted by Gasteiger charge is 2.07. The van der Waals surface area contributed by atoms with Crippen molar-refractivity contribution in [2.45, 2.75) is 13.3 Å². The van der Waals surface area contributed by atoms with Crippen LogP contribution in [0, 0.1) is 11.6 Å². The second-order valence-corrected chi connectivity index (χ2v) is 2.65. The molecule has 1 aromatic rings. The normalized spacial score (nSPS) is 10.2. The molecule has 0 spiro atoms. The standard InChI is InChI=1S/C8H7ClF2/c1-2-5-3-6(9)4-7(10)8(5)11/h3-4H,2H2,1H3. The molecule has 0 bridgehead atoms. The summed E-state index contributed by atoms with van der Waals surface area (Å²) in [7, 11) is 0. The van der Waals surface area contributed by atoms with Crippen molar-refractivity contribution in [2.24, 2.45) is 0 Å². The molecule has 0 N–H and O–H groups in total. The first kappa shape index (κ1) is 8.47. The molecule has 1 rings (SSSR count). The Balaban J connectivity index is 3.24. The van der Waals surface area contributed by atoms with Crippen LogP contribution in [0.15, 0.2) is 12.1 Å². The van der Waals surface area contributed by atoms with Gasteiger partial charge in [0.1, 0.15) is 0 Å². The van der Waals surface area contributed by atoms with Gasteiger partial charge >= 0.3 is 0 Å². The Morgan fingerprint density at radius 1 is 1.36 bits per heavy atom. The van der Waals surface area contributed by atoms with E-state index >= 15 is 0 Å². The number of hydrogen-bond acceptors (Lipinski definition) is 0. The molecule has 0 amide bonds. The largest absolute Gasteiger partial charge is 0.204 e. The molecule has 3 heteroatoms. The van der Waals surface area contributed by atoms with E-state index < -0.39 is 11.6 Å². The Hall–Kier alpha value is -0.630. The lowest BCUT2D eigenvalue weighted by atomic mass is 10.1. The molecule has 0 radical (unpaired) electrons. The van der Waals surface area contributed by atoms with Gasteiger partial charge in [0.2, 0.25) is 0 Å². The fraction of sp³-hybridized carbons (Fsp3) is 0.250. The molecule has 0 saturated heterocycles. The minimum Gasteiger partial charge on any atom is -0.204 e. The SMILES string of the molecule is CCc1cc(Cl)cc(F)c1F. The first-order chi connectivity index (χ1) is 5.15. The number of rotatable bonds is 1. The molecule has 0 aliphatic heterocycles. The monoisotopic (exact) mass is 176 g/mol. The average Bonchev–Trinajstić information content (AvgIpc) is 1.96. The second kappa shape index (κ2) is 3.18. The highest BCUT2D eigenvalue weighted by molar-refractivity contribution is 6.30. The zero-order valence-electron chi connectivity index (χ0n) is 6.00. The molecule has 0 aliphatic rings. The topological polar surface area (TPSA) is 0 Å². The van der Waals surface area contributed by atoms with Crippen LogP contribution in [0.3, 0.4) is 0 Å². The summed E-state index contributed by atoms with van der Waals surface area (Å²) in [6.07, 6.45) is 0.448. The van der Waals surface area contributed by atoms with E-state index in [4.69, 9.17) is 11.6 Å². The molecule has 1 aromatic carbocycles. The van der Waals surface area contributed by atoms with Crippen LogP contribution in [-0.4, -0.2) is 0 Å². The van der Waals surface area contributed by atoms with Crippen molar-refractivity contribution in [3.63, 3.8) is 0 Å². The number of hydrogen-bond donors (Lipinski definition) is 0. The van der Waals surface area contributed by atoms with Crippen LogP contribution in [0.4, 0.5) is 8.78 Å². The highest BCUT2D eigenvalue weighted by atomic mass is 35.5. The molecular formula is C8H7ClF2. The van der Waals surface area contributed by atoms with Crippen LogP contribution in [0.25, 0.3) is 0 Å². The smallest absolute Gasteiger partial charge is 0.162 e. The van der Waals surface area contributed by atoms with Gasteiger partial charge in [0.15, 0.2) is 11.6 Å².